The number of thiazole rings is 1. The van der Waals surface area contributed by atoms with E-state index in [1.807, 2.05) is 6.07 Å². The number of hydrazine groups is 1. The molecule has 0 fully saturated rings. The van der Waals surface area contributed by atoms with Crippen LogP contribution in [0, 0.1) is 10.1 Å². The summed E-state index contributed by atoms with van der Waals surface area (Å²) in [6, 6.07) is 10.6. The number of amides is 2. The zero-order valence-corrected chi connectivity index (χ0v) is 15.9. The lowest BCUT2D eigenvalue weighted by Gasteiger charge is -2.06. The number of hydrogen-bond acceptors (Lipinski definition) is 7. The Labute approximate surface area is 166 Å². The second-order valence-corrected chi connectivity index (χ2v) is 7.88. The number of fused-ring (bicyclic) bond motifs is 1. The number of nitro benzene ring substituents is 1. The van der Waals surface area contributed by atoms with E-state index >= 15 is 0 Å². The van der Waals surface area contributed by atoms with E-state index in [0.29, 0.717) is 9.36 Å². The molecule has 1 heterocycles. The predicted molar refractivity (Wildman–Crippen MR) is 104 cm³/mol. The number of thioether (sulfide) groups is 1. The molecule has 0 bridgehead atoms. The first-order valence-electron chi connectivity index (χ1n) is 7.45. The summed E-state index contributed by atoms with van der Waals surface area (Å²) in [4.78, 5) is 38.4. The van der Waals surface area contributed by atoms with Gasteiger partial charge in [-0.3, -0.25) is 30.6 Å². The number of carbonyl (C=O) groups excluding carboxylic acids is 2. The first kappa shape index (κ1) is 19.1. The van der Waals surface area contributed by atoms with Crippen molar-refractivity contribution in [2.75, 3.05) is 5.75 Å². The number of nitro groups is 1. The zero-order chi connectivity index (χ0) is 19.4. The van der Waals surface area contributed by atoms with Crippen molar-refractivity contribution >= 4 is 62.4 Å². The number of carbonyl (C=O) groups is 2. The Bertz CT molecular complexity index is 1040. The van der Waals surface area contributed by atoms with Gasteiger partial charge in [-0.15, -0.1) is 11.3 Å². The third-order valence-corrected chi connectivity index (χ3v) is 5.71. The van der Waals surface area contributed by atoms with E-state index < -0.39 is 16.7 Å². The highest BCUT2D eigenvalue weighted by Gasteiger charge is 2.13. The maximum absolute atomic E-state index is 12.0. The van der Waals surface area contributed by atoms with E-state index in [1.54, 1.807) is 12.1 Å². The van der Waals surface area contributed by atoms with Crippen molar-refractivity contribution in [2.45, 2.75) is 4.34 Å². The number of rotatable bonds is 5. The van der Waals surface area contributed by atoms with Crippen LogP contribution >= 0.6 is 34.7 Å². The topological polar surface area (TPSA) is 114 Å². The lowest BCUT2D eigenvalue weighted by atomic mass is 10.2. The summed E-state index contributed by atoms with van der Waals surface area (Å²) in [7, 11) is 0. The van der Waals surface area contributed by atoms with Crippen LogP contribution in [0.1, 0.15) is 10.4 Å². The Morgan fingerprint density at radius 3 is 2.81 bits per heavy atom. The first-order chi connectivity index (χ1) is 12.9. The molecule has 1 aromatic heterocycles. The molecule has 0 radical (unpaired) electrons. The highest BCUT2D eigenvalue weighted by atomic mass is 35.5. The summed E-state index contributed by atoms with van der Waals surface area (Å²) >= 11 is 8.58. The monoisotopic (exact) mass is 422 g/mol. The standard InChI is InChI=1S/C16H11ClN4O4S2/c17-10-4-5-13-12(7-10)18-16(27-13)26-8-14(22)19-20-15(23)9-2-1-3-11(6-9)21(24)25/h1-7H,8H2,(H,19,22)(H,20,23). The molecule has 138 valence electrons. The largest absolute Gasteiger partial charge is 0.272 e. The normalized spacial score (nSPS) is 10.6. The first-order valence-corrected chi connectivity index (χ1v) is 9.63. The Morgan fingerprint density at radius 1 is 1.22 bits per heavy atom. The van der Waals surface area contributed by atoms with Crippen molar-refractivity contribution in [3.8, 4) is 0 Å². The van der Waals surface area contributed by atoms with Gasteiger partial charge in [-0.25, -0.2) is 4.98 Å². The molecule has 8 nitrogen and oxygen atoms in total. The minimum Gasteiger partial charge on any atom is -0.272 e. The van der Waals surface area contributed by atoms with Crippen molar-refractivity contribution in [2.24, 2.45) is 0 Å². The Hall–Kier alpha value is -2.69. The molecule has 2 aromatic carbocycles. The number of hydrogen-bond donors (Lipinski definition) is 2. The highest BCUT2D eigenvalue weighted by molar-refractivity contribution is 8.01. The van der Waals surface area contributed by atoms with Crippen LogP contribution in [0.25, 0.3) is 10.2 Å². The third-order valence-electron chi connectivity index (χ3n) is 3.29. The average molecular weight is 423 g/mol. The quantitative estimate of drug-likeness (QED) is 0.370. The minimum atomic E-state index is -0.647. The van der Waals surface area contributed by atoms with E-state index in [2.05, 4.69) is 15.8 Å². The molecule has 3 aromatic rings. The summed E-state index contributed by atoms with van der Waals surface area (Å²) in [5.74, 6) is -1.04. The van der Waals surface area contributed by atoms with Crippen molar-refractivity contribution in [1.82, 2.24) is 15.8 Å². The maximum atomic E-state index is 12.0. The summed E-state index contributed by atoms with van der Waals surface area (Å²) in [5, 5.41) is 11.3. The molecule has 2 amide bonds. The molecule has 2 N–H and O–H groups in total. The molecule has 0 aliphatic carbocycles. The third kappa shape index (κ3) is 4.94. The molecule has 0 saturated carbocycles. The molecule has 0 atom stereocenters. The number of aromatic nitrogens is 1. The Balaban J connectivity index is 1.52. The van der Waals surface area contributed by atoms with Gasteiger partial charge in [-0.2, -0.15) is 0 Å². The SMILES string of the molecule is O=C(CSc1nc2cc(Cl)ccc2s1)NNC(=O)c1cccc([N+](=O)[O-])c1. The van der Waals surface area contributed by atoms with E-state index in [-0.39, 0.29) is 17.0 Å². The van der Waals surface area contributed by atoms with Gasteiger partial charge in [0.15, 0.2) is 4.34 Å². The maximum Gasteiger partial charge on any atom is 0.270 e. The number of nitrogens with zero attached hydrogens (tertiary/aromatic N) is 2. The van der Waals surface area contributed by atoms with Crippen molar-refractivity contribution in [1.29, 1.82) is 0 Å². The molecule has 0 saturated heterocycles. The average Bonchev–Trinajstić information content (AvgIpc) is 3.06. The molecule has 0 aliphatic heterocycles. The van der Waals surface area contributed by atoms with E-state index in [1.165, 1.54) is 41.3 Å². The van der Waals surface area contributed by atoms with E-state index in [4.69, 9.17) is 11.6 Å². The Morgan fingerprint density at radius 2 is 2.04 bits per heavy atom. The van der Waals surface area contributed by atoms with Crippen LogP contribution in [0.2, 0.25) is 5.02 Å². The fourth-order valence-corrected chi connectivity index (χ4v) is 4.08. The fraction of sp³-hybridized carbons (Fsp3) is 0.0625. The molecule has 27 heavy (non-hydrogen) atoms. The molecular formula is C16H11ClN4O4S2. The van der Waals surface area contributed by atoms with Gasteiger partial charge >= 0.3 is 0 Å². The van der Waals surface area contributed by atoms with Crippen LogP contribution in [0.15, 0.2) is 46.8 Å². The minimum absolute atomic E-state index is 0.0444. The van der Waals surface area contributed by atoms with Crippen molar-refractivity contribution in [3.63, 3.8) is 0 Å². The molecule has 0 aliphatic rings. The van der Waals surface area contributed by atoms with Gasteiger partial charge < -0.3 is 0 Å². The van der Waals surface area contributed by atoms with Gasteiger partial charge in [0, 0.05) is 22.7 Å². The number of non-ortho nitro benzene ring substituents is 1. The van der Waals surface area contributed by atoms with Crippen LogP contribution < -0.4 is 10.9 Å². The summed E-state index contributed by atoms with van der Waals surface area (Å²) < 4.78 is 1.66. The summed E-state index contributed by atoms with van der Waals surface area (Å²) in [5.41, 5.74) is 5.12. The second kappa shape index (κ2) is 8.33. The lowest BCUT2D eigenvalue weighted by molar-refractivity contribution is -0.384. The van der Waals surface area contributed by atoms with Crippen LogP contribution in [-0.2, 0) is 4.79 Å². The second-order valence-electron chi connectivity index (χ2n) is 5.19. The van der Waals surface area contributed by atoms with Crippen LogP contribution in [0.4, 0.5) is 5.69 Å². The highest BCUT2D eigenvalue weighted by Crippen LogP contribution is 2.30. The van der Waals surface area contributed by atoms with E-state index in [9.17, 15) is 19.7 Å². The van der Waals surface area contributed by atoms with Gasteiger partial charge in [0.05, 0.1) is 20.9 Å². The number of benzene rings is 2. The molecular weight excluding hydrogens is 412 g/mol. The molecule has 11 heteroatoms. The van der Waals surface area contributed by atoms with Gasteiger partial charge in [-0.05, 0) is 24.3 Å². The predicted octanol–water partition coefficient (Wildman–Crippen LogP) is 3.41. The van der Waals surface area contributed by atoms with Gasteiger partial charge in [0.2, 0.25) is 5.91 Å². The van der Waals surface area contributed by atoms with E-state index in [0.717, 1.165) is 16.3 Å². The van der Waals surface area contributed by atoms with Crippen molar-refractivity contribution in [3.05, 3.63) is 63.2 Å². The number of halogens is 1. The molecule has 0 spiro atoms. The lowest BCUT2D eigenvalue weighted by Crippen LogP contribution is -2.42. The van der Waals surface area contributed by atoms with Gasteiger partial charge in [0.1, 0.15) is 0 Å². The van der Waals surface area contributed by atoms with Gasteiger partial charge in [0.25, 0.3) is 11.6 Å². The van der Waals surface area contributed by atoms with Crippen LogP contribution in [0.5, 0.6) is 0 Å². The van der Waals surface area contributed by atoms with Crippen LogP contribution in [0.3, 0.4) is 0 Å². The smallest absolute Gasteiger partial charge is 0.270 e. The zero-order valence-electron chi connectivity index (χ0n) is 13.5. The van der Waals surface area contributed by atoms with Crippen LogP contribution in [-0.4, -0.2) is 27.5 Å². The summed E-state index contributed by atoms with van der Waals surface area (Å²) in [6.07, 6.45) is 0. The van der Waals surface area contributed by atoms with Crippen molar-refractivity contribution < 1.29 is 14.5 Å². The summed E-state index contributed by atoms with van der Waals surface area (Å²) in [6.45, 7) is 0. The molecule has 3 rings (SSSR count). The fourth-order valence-electron chi connectivity index (χ4n) is 2.06. The molecule has 0 unspecified atom stereocenters. The number of nitrogens with one attached hydrogen (secondary N) is 2. The van der Waals surface area contributed by atoms with Gasteiger partial charge in [-0.1, -0.05) is 29.4 Å². The Kier molecular flexibility index (Phi) is 5.89.